The summed E-state index contributed by atoms with van der Waals surface area (Å²) in [6.45, 7) is 5.51. The maximum atomic E-state index is 13.4. The maximum Gasteiger partial charge on any atom is 0.330 e. The van der Waals surface area contributed by atoms with Crippen LogP contribution in [-0.2, 0) is 43.5 Å². The molecule has 190 valence electrons. The van der Waals surface area contributed by atoms with E-state index in [0.29, 0.717) is 22.0 Å². The highest BCUT2D eigenvalue weighted by Gasteiger charge is 2.55. The van der Waals surface area contributed by atoms with Crippen LogP contribution in [0.2, 0.25) is 0 Å². The van der Waals surface area contributed by atoms with Crippen molar-refractivity contribution in [2.24, 2.45) is 16.8 Å². The van der Waals surface area contributed by atoms with Crippen molar-refractivity contribution in [3.8, 4) is 0 Å². The van der Waals surface area contributed by atoms with Crippen LogP contribution in [0.3, 0.4) is 0 Å². The summed E-state index contributed by atoms with van der Waals surface area (Å²) in [6.07, 6.45) is 2.37. The predicted octanol–water partition coefficient (Wildman–Crippen LogP) is 3.37. The normalized spacial score (nSPS) is 17.5. The lowest BCUT2D eigenvalue weighted by Gasteiger charge is -2.38. The molecule has 0 bridgehead atoms. The van der Waals surface area contributed by atoms with Crippen molar-refractivity contribution in [2.75, 3.05) is 33.2 Å². The topological polar surface area (TPSA) is 118 Å². The number of hydrogen-bond acceptors (Lipinski definition) is 10. The molecule has 0 spiro atoms. The molecule has 35 heavy (non-hydrogen) atoms. The van der Waals surface area contributed by atoms with Gasteiger partial charge in [0.2, 0.25) is 0 Å². The van der Waals surface area contributed by atoms with E-state index in [-0.39, 0.29) is 19.6 Å². The second kappa shape index (κ2) is 13.1. The number of thioether (sulfide) groups is 1. The molecule has 0 fully saturated rings. The van der Waals surface area contributed by atoms with Crippen LogP contribution in [0.4, 0.5) is 5.69 Å². The van der Waals surface area contributed by atoms with E-state index >= 15 is 0 Å². The van der Waals surface area contributed by atoms with Crippen molar-refractivity contribution >= 4 is 46.4 Å². The summed E-state index contributed by atoms with van der Waals surface area (Å²) in [5.74, 6) is -4.74. The van der Waals surface area contributed by atoms with Gasteiger partial charge in [-0.3, -0.25) is 14.4 Å². The first-order chi connectivity index (χ1) is 16.8. The van der Waals surface area contributed by atoms with E-state index in [1.165, 1.54) is 32.1 Å². The lowest BCUT2D eigenvalue weighted by atomic mass is 9.66. The van der Waals surface area contributed by atoms with E-state index in [2.05, 4.69) is 0 Å². The van der Waals surface area contributed by atoms with Crippen LogP contribution in [0.5, 0.6) is 0 Å². The average molecular weight is 506 g/mol. The molecule has 0 unspecified atom stereocenters. The van der Waals surface area contributed by atoms with Crippen LogP contribution in [0, 0.1) is 11.8 Å². The van der Waals surface area contributed by atoms with Crippen molar-refractivity contribution < 1.29 is 38.1 Å². The van der Waals surface area contributed by atoms with Crippen LogP contribution in [0.1, 0.15) is 32.8 Å². The van der Waals surface area contributed by atoms with Gasteiger partial charge in [0.05, 0.1) is 49.5 Å². The third kappa shape index (κ3) is 6.11. The number of esters is 4. The Morgan fingerprint density at radius 3 is 2.17 bits per heavy atom. The van der Waals surface area contributed by atoms with Crippen LogP contribution in [-0.4, -0.2) is 62.1 Å². The summed E-state index contributed by atoms with van der Waals surface area (Å²) < 4.78 is 20.2. The second-order valence-corrected chi connectivity index (χ2v) is 8.74. The molecule has 0 radical (unpaired) electrons. The number of carbonyl (C=O) groups is 4. The minimum absolute atomic E-state index is 0.0884. The Kier molecular flexibility index (Phi) is 10.5. The summed E-state index contributed by atoms with van der Waals surface area (Å²) in [5, 5.41) is 0.519. The number of benzene rings is 1. The zero-order valence-corrected chi connectivity index (χ0v) is 21.4. The summed E-state index contributed by atoms with van der Waals surface area (Å²) >= 11 is 1.38. The Morgan fingerprint density at radius 2 is 1.60 bits per heavy atom. The molecule has 2 atom stereocenters. The number of para-hydroxylation sites is 1. The summed E-state index contributed by atoms with van der Waals surface area (Å²) in [4.78, 5) is 55.8. The van der Waals surface area contributed by atoms with Crippen LogP contribution < -0.4 is 0 Å². The van der Waals surface area contributed by atoms with Gasteiger partial charge in [0, 0.05) is 6.08 Å². The van der Waals surface area contributed by atoms with Crippen molar-refractivity contribution in [3.63, 3.8) is 0 Å². The van der Waals surface area contributed by atoms with Gasteiger partial charge in [0.25, 0.3) is 0 Å². The molecule has 1 aromatic carbocycles. The summed E-state index contributed by atoms with van der Waals surface area (Å²) in [7, 11) is 2.35. The van der Waals surface area contributed by atoms with E-state index in [0.717, 1.165) is 6.08 Å². The third-order valence-corrected chi connectivity index (χ3v) is 6.57. The SMILES string of the molecule is CCOC(=O)/C=C/[C@H](C(=O)OCC)[C@]1(CC(C(=O)OC)C(=O)OC)C(SCC)=Nc2ccccc21. The molecule has 1 aliphatic heterocycles. The fraction of sp³-hybridized carbons (Fsp3) is 0.480. The summed E-state index contributed by atoms with van der Waals surface area (Å²) in [6, 6.07) is 7.16. The first-order valence-corrected chi connectivity index (χ1v) is 12.3. The molecule has 2 rings (SSSR count). The molecule has 10 heteroatoms. The number of hydrogen-bond donors (Lipinski definition) is 0. The van der Waals surface area contributed by atoms with Gasteiger partial charge in [-0.05, 0) is 37.7 Å². The maximum absolute atomic E-state index is 13.4. The zero-order chi connectivity index (χ0) is 26.0. The number of fused-ring (bicyclic) bond motifs is 1. The number of aliphatic imine (C=N–C) groups is 1. The lowest BCUT2D eigenvalue weighted by molar-refractivity contribution is -0.161. The molecule has 0 aromatic heterocycles. The van der Waals surface area contributed by atoms with Gasteiger partial charge in [0.1, 0.15) is 0 Å². The van der Waals surface area contributed by atoms with Crippen LogP contribution in [0.25, 0.3) is 0 Å². The van der Waals surface area contributed by atoms with Gasteiger partial charge < -0.3 is 18.9 Å². The highest BCUT2D eigenvalue weighted by molar-refractivity contribution is 8.14. The van der Waals surface area contributed by atoms with Gasteiger partial charge in [-0.2, -0.15) is 0 Å². The molecular formula is C25H31NO8S. The van der Waals surface area contributed by atoms with Crippen LogP contribution >= 0.6 is 11.8 Å². The fourth-order valence-corrected chi connectivity index (χ4v) is 5.12. The Labute approximate surface area is 209 Å². The number of ether oxygens (including phenoxy) is 4. The molecule has 0 aliphatic carbocycles. The highest BCUT2D eigenvalue weighted by Crippen LogP contribution is 2.52. The molecule has 0 N–H and O–H groups in total. The quantitative estimate of drug-likeness (QED) is 0.193. The predicted molar refractivity (Wildman–Crippen MR) is 131 cm³/mol. The first kappa shape index (κ1) is 28.1. The fourth-order valence-electron chi connectivity index (χ4n) is 4.11. The van der Waals surface area contributed by atoms with Gasteiger partial charge >= 0.3 is 23.9 Å². The monoisotopic (exact) mass is 505 g/mol. The minimum atomic E-state index is -1.35. The van der Waals surface area contributed by atoms with E-state index in [1.54, 1.807) is 38.1 Å². The van der Waals surface area contributed by atoms with Gasteiger partial charge in [-0.1, -0.05) is 31.2 Å². The van der Waals surface area contributed by atoms with Crippen molar-refractivity contribution in [2.45, 2.75) is 32.6 Å². The Bertz CT molecular complexity index is 989. The lowest BCUT2D eigenvalue weighted by Crippen LogP contribution is -2.47. The molecule has 0 saturated carbocycles. The molecule has 1 heterocycles. The van der Waals surface area contributed by atoms with E-state index in [9.17, 15) is 19.2 Å². The zero-order valence-electron chi connectivity index (χ0n) is 20.6. The molecule has 1 aliphatic rings. The first-order valence-electron chi connectivity index (χ1n) is 11.3. The van der Waals surface area contributed by atoms with Crippen molar-refractivity contribution in [1.82, 2.24) is 0 Å². The molecular weight excluding hydrogens is 474 g/mol. The van der Waals surface area contributed by atoms with Gasteiger partial charge in [-0.15, -0.1) is 11.8 Å². The summed E-state index contributed by atoms with van der Waals surface area (Å²) in [5.41, 5.74) is -0.0874. The number of rotatable bonds is 11. The second-order valence-electron chi connectivity index (χ2n) is 7.48. The van der Waals surface area contributed by atoms with E-state index in [1.807, 2.05) is 6.92 Å². The molecule has 1 aromatic rings. The standard InChI is InChI=1S/C25H31NO8S/c1-6-33-20(27)14-13-18(23(30)34-7-2)25(15-16(21(28)31-4)22(29)32-5)17-11-9-10-12-19(17)26-24(25)35-8-3/h9-14,16,18H,6-8,15H2,1-5H3/b14-13+/t18-,25-/m1/s1. The minimum Gasteiger partial charge on any atom is -0.468 e. The number of carbonyl (C=O) groups excluding carboxylic acids is 4. The Hall–Kier alpha value is -3.14. The van der Waals surface area contributed by atoms with E-state index < -0.39 is 41.1 Å². The van der Waals surface area contributed by atoms with Crippen LogP contribution in [0.15, 0.2) is 41.4 Å². The highest BCUT2D eigenvalue weighted by atomic mass is 32.2. The molecule has 0 amide bonds. The van der Waals surface area contributed by atoms with Crippen molar-refractivity contribution in [1.29, 1.82) is 0 Å². The van der Waals surface area contributed by atoms with Crippen molar-refractivity contribution in [3.05, 3.63) is 42.0 Å². The Morgan fingerprint density at radius 1 is 0.971 bits per heavy atom. The average Bonchev–Trinajstić information content (AvgIpc) is 3.16. The van der Waals surface area contributed by atoms with Gasteiger partial charge in [-0.25, -0.2) is 9.79 Å². The molecule has 9 nitrogen and oxygen atoms in total. The largest absolute Gasteiger partial charge is 0.468 e. The smallest absolute Gasteiger partial charge is 0.330 e. The van der Waals surface area contributed by atoms with Gasteiger partial charge in [0.15, 0.2) is 5.92 Å². The number of nitrogens with zero attached hydrogens (tertiary/aromatic N) is 1. The third-order valence-electron chi connectivity index (χ3n) is 5.55. The Balaban J connectivity index is 2.83. The number of methoxy groups -OCH3 is 2. The molecule has 0 saturated heterocycles. The van der Waals surface area contributed by atoms with E-state index in [4.69, 9.17) is 23.9 Å².